The van der Waals surface area contributed by atoms with Crippen molar-refractivity contribution in [2.75, 3.05) is 12.4 Å². The predicted molar refractivity (Wildman–Crippen MR) is 125 cm³/mol. The normalized spacial score (nSPS) is 19.3. The maximum absolute atomic E-state index is 12.5. The minimum Gasteiger partial charge on any atom is -0.385 e. The molecule has 0 unspecified atom stereocenters. The van der Waals surface area contributed by atoms with Gasteiger partial charge in [0.15, 0.2) is 0 Å². The Bertz CT molecular complexity index is 754. The number of rotatable bonds is 8. The highest BCUT2D eigenvalue weighted by Gasteiger charge is 2.30. The number of anilines is 1. The highest BCUT2D eigenvalue weighted by atomic mass is 19.1. The monoisotopic (exact) mass is 432 g/mol. The van der Waals surface area contributed by atoms with Gasteiger partial charge in [0.05, 0.1) is 11.9 Å². The van der Waals surface area contributed by atoms with Crippen LogP contribution in [0.15, 0.2) is 42.9 Å². The topological polar surface area (TPSA) is 86.9 Å². The molecule has 172 valence electrons. The third-order valence-corrected chi connectivity index (χ3v) is 5.43. The second-order valence-electron chi connectivity index (χ2n) is 8.72. The van der Waals surface area contributed by atoms with Crippen LogP contribution in [0.4, 0.5) is 10.1 Å². The molecule has 31 heavy (non-hydrogen) atoms. The standard InChI is InChI=1S/C15H26N4O.C9H11FO/c1-15(2,3)10-5-7-11(8-6-10)18-14(20)13-12(16-4)9-17-19-13;1-2-6-9(10)7-4-3-5-8-11/h9-11,16H,5-8H2,1-4H3,(H,17,19)(H,18,20);2-4,6,8H,1,5,7H2/b;4-3-,9-6+. The van der Waals surface area contributed by atoms with E-state index >= 15 is 0 Å². The van der Waals surface area contributed by atoms with Crippen LogP contribution in [0.2, 0.25) is 0 Å². The first kappa shape index (κ1) is 26.3. The molecule has 0 aliphatic heterocycles. The van der Waals surface area contributed by atoms with E-state index in [1.807, 2.05) is 0 Å². The molecular formula is C24H37FN4O2. The lowest BCUT2D eigenvalue weighted by Gasteiger charge is -2.37. The molecule has 1 aromatic heterocycles. The van der Waals surface area contributed by atoms with E-state index in [9.17, 15) is 14.0 Å². The van der Waals surface area contributed by atoms with Crippen LogP contribution >= 0.6 is 0 Å². The fourth-order valence-electron chi connectivity index (χ4n) is 3.55. The molecule has 1 heterocycles. The third kappa shape index (κ3) is 9.77. The molecule has 1 fully saturated rings. The van der Waals surface area contributed by atoms with Gasteiger partial charge in [0.25, 0.3) is 5.91 Å². The summed E-state index contributed by atoms with van der Waals surface area (Å²) in [4.78, 5) is 22.0. The van der Waals surface area contributed by atoms with Crippen LogP contribution in [-0.2, 0) is 4.79 Å². The summed E-state index contributed by atoms with van der Waals surface area (Å²) in [5.74, 6) is 0.448. The first-order valence-electron chi connectivity index (χ1n) is 10.8. The van der Waals surface area contributed by atoms with E-state index < -0.39 is 0 Å². The number of nitrogens with zero attached hydrogens (tertiary/aromatic N) is 1. The number of allylic oxidation sites excluding steroid dienone is 5. The molecule has 0 spiro atoms. The Morgan fingerprint density at radius 3 is 2.52 bits per heavy atom. The second-order valence-corrected chi connectivity index (χ2v) is 8.72. The van der Waals surface area contributed by atoms with Crippen LogP contribution in [-0.4, -0.2) is 35.5 Å². The minimum atomic E-state index is -0.248. The van der Waals surface area contributed by atoms with Gasteiger partial charge in [-0.05, 0) is 43.1 Å². The average Bonchev–Trinajstić information content (AvgIpc) is 3.21. The van der Waals surface area contributed by atoms with E-state index in [2.05, 4.69) is 48.2 Å². The van der Waals surface area contributed by atoms with E-state index in [0.717, 1.165) is 30.7 Å². The van der Waals surface area contributed by atoms with Crippen LogP contribution in [0, 0.1) is 11.3 Å². The van der Waals surface area contributed by atoms with E-state index in [1.165, 1.54) is 25.0 Å². The molecule has 0 bridgehead atoms. The van der Waals surface area contributed by atoms with Gasteiger partial charge in [0.2, 0.25) is 0 Å². The van der Waals surface area contributed by atoms with Gasteiger partial charge in [-0.15, -0.1) is 0 Å². The molecule has 3 N–H and O–H groups in total. The molecule has 0 atom stereocenters. The molecule has 1 aliphatic carbocycles. The van der Waals surface area contributed by atoms with Crippen molar-refractivity contribution in [3.63, 3.8) is 0 Å². The van der Waals surface area contributed by atoms with Crippen LogP contribution in [0.1, 0.15) is 69.8 Å². The van der Waals surface area contributed by atoms with Crippen LogP contribution < -0.4 is 10.6 Å². The van der Waals surface area contributed by atoms with Crippen molar-refractivity contribution in [3.8, 4) is 0 Å². The quantitative estimate of drug-likeness (QED) is 0.294. The summed E-state index contributed by atoms with van der Waals surface area (Å²) >= 11 is 0. The zero-order valence-electron chi connectivity index (χ0n) is 19.2. The Hall–Kier alpha value is -2.70. The van der Waals surface area contributed by atoms with Crippen molar-refractivity contribution in [1.82, 2.24) is 15.5 Å². The van der Waals surface area contributed by atoms with Crippen LogP contribution in [0.25, 0.3) is 0 Å². The third-order valence-electron chi connectivity index (χ3n) is 5.43. The van der Waals surface area contributed by atoms with Crippen molar-refractivity contribution in [2.24, 2.45) is 11.3 Å². The molecular weight excluding hydrogens is 395 g/mol. The summed E-state index contributed by atoms with van der Waals surface area (Å²) in [6, 6.07) is 0.286. The number of amides is 1. The number of H-pyrrole nitrogens is 1. The minimum absolute atomic E-state index is 0.0638. The van der Waals surface area contributed by atoms with E-state index in [0.29, 0.717) is 17.5 Å². The SMILES string of the molecule is C=C/C=C(/F)C/C=C\CC=O.CNc1cn[nH]c1C(=O)NC1CCC(C(C)(C)C)CC1. The summed E-state index contributed by atoms with van der Waals surface area (Å²) in [5, 5.41) is 12.7. The van der Waals surface area contributed by atoms with Gasteiger partial charge < -0.3 is 15.4 Å². The van der Waals surface area contributed by atoms with E-state index in [1.54, 1.807) is 25.4 Å². The Kier molecular flexibility index (Phi) is 11.5. The average molecular weight is 433 g/mol. The van der Waals surface area contributed by atoms with Gasteiger partial charge >= 0.3 is 0 Å². The Balaban J connectivity index is 0.000000373. The van der Waals surface area contributed by atoms with Crippen molar-refractivity contribution < 1.29 is 14.0 Å². The molecule has 1 aliphatic rings. The van der Waals surface area contributed by atoms with Gasteiger partial charge in [-0.1, -0.05) is 45.6 Å². The fourth-order valence-corrected chi connectivity index (χ4v) is 3.55. The molecule has 0 saturated heterocycles. The van der Waals surface area contributed by atoms with Crippen molar-refractivity contribution in [1.29, 1.82) is 0 Å². The van der Waals surface area contributed by atoms with E-state index in [-0.39, 0.29) is 24.2 Å². The molecule has 7 heteroatoms. The zero-order valence-corrected chi connectivity index (χ0v) is 19.2. The number of aromatic amines is 1. The molecule has 6 nitrogen and oxygen atoms in total. The lowest BCUT2D eigenvalue weighted by molar-refractivity contribution is -0.107. The first-order chi connectivity index (χ1) is 14.7. The zero-order chi connectivity index (χ0) is 23.3. The summed E-state index contributed by atoms with van der Waals surface area (Å²) < 4.78 is 12.5. The lowest BCUT2D eigenvalue weighted by Crippen LogP contribution is -2.39. The van der Waals surface area contributed by atoms with Gasteiger partial charge in [0.1, 0.15) is 17.8 Å². The molecule has 0 radical (unpaired) electrons. The summed E-state index contributed by atoms with van der Waals surface area (Å²) in [7, 11) is 1.79. The van der Waals surface area contributed by atoms with E-state index in [4.69, 9.17) is 0 Å². The number of halogens is 1. The Labute approximate surface area is 185 Å². The van der Waals surface area contributed by atoms with Crippen molar-refractivity contribution in [2.45, 2.75) is 65.3 Å². The number of carbonyl (C=O) groups is 2. The maximum Gasteiger partial charge on any atom is 0.271 e. The number of aromatic nitrogens is 2. The van der Waals surface area contributed by atoms with Crippen molar-refractivity contribution in [3.05, 3.63) is 48.6 Å². The highest BCUT2D eigenvalue weighted by molar-refractivity contribution is 5.97. The molecule has 1 amide bonds. The van der Waals surface area contributed by atoms with Gasteiger partial charge in [-0.2, -0.15) is 5.10 Å². The maximum atomic E-state index is 12.5. The first-order valence-corrected chi connectivity index (χ1v) is 10.8. The number of hydrogen-bond donors (Lipinski definition) is 3. The van der Waals surface area contributed by atoms with Gasteiger partial charge in [0, 0.05) is 25.9 Å². The van der Waals surface area contributed by atoms with Crippen molar-refractivity contribution >= 4 is 17.9 Å². The smallest absolute Gasteiger partial charge is 0.271 e. The fraction of sp³-hybridized carbons (Fsp3) is 0.542. The Morgan fingerprint density at radius 1 is 1.29 bits per heavy atom. The van der Waals surface area contributed by atoms with Gasteiger partial charge in [-0.3, -0.25) is 9.89 Å². The molecule has 1 aromatic rings. The Morgan fingerprint density at radius 2 is 1.97 bits per heavy atom. The van der Waals surface area contributed by atoms with Crippen LogP contribution in [0.3, 0.4) is 0 Å². The molecule has 0 aromatic carbocycles. The lowest BCUT2D eigenvalue weighted by atomic mass is 9.71. The molecule has 2 rings (SSSR count). The number of hydrogen-bond acceptors (Lipinski definition) is 4. The van der Waals surface area contributed by atoms with Crippen LogP contribution in [0.5, 0.6) is 0 Å². The summed E-state index contributed by atoms with van der Waals surface area (Å²) in [6.45, 7) is 10.3. The number of aldehydes is 1. The summed E-state index contributed by atoms with van der Waals surface area (Å²) in [5.41, 5.74) is 1.63. The predicted octanol–water partition coefficient (Wildman–Crippen LogP) is 5.35. The molecule has 1 saturated carbocycles. The highest BCUT2D eigenvalue weighted by Crippen LogP contribution is 2.37. The number of carbonyl (C=O) groups excluding carboxylic acids is 2. The van der Waals surface area contributed by atoms with Gasteiger partial charge in [-0.25, -0.2) is 4.39 Å². The summed E-state index contributed by atoms with van der Waals surface area (Å²) in [6.07, 6.45) is 13.4. The largest absolute Gasteiger partial charge is 0.385 e. The second kappa shape index (κ2) is 13.6. The number of nitrogens with one attached hydrogen (secondary N) is 3.